The number of alkyl halides is 3. The van der Waals surface area contributed by atoms with Crippen LogP contribution in [-0.2, 0) is 37.9 Å². The lowest BCUT2D eigenvalue weighted by molar-refractivity contribution is -0.251. The van der Waals surface area contributed by atoms with Gasteiger partial charge in [0, 0.05) is 54.0 Å². The van der Waals surface area contributed by atoms with Crippen LogP contribution in [0.2, 0.25) is 18.1 Å². The van der Waals surface area contributed by atoms with Crippen LogP contribution in [0, 0.1) is 5.41 Å². The Hall–Kier alpha value is -1.98. The number of halogens is 3. The fourth-order valence-electron chi connectivity index (χ4n) is 7.28. The van der Waals surface area contributed by atoms with Crippen molar-refractivity contribution < 1.29 is 36.9 Å². The molecule has 3 heterocycles. The van der Waals surface area contributed by atoms with Gasteiger partial charge in [-0.05, 0) is 67.3 Å². The van der Waals surface area contributed by atoms with Gasteiger partial charge in [0.1, 0.15) is 11.4 Å². The number of benzene rings is 1. The number of methoxy groups -OCH3 is 1. The minimum Gasteiger partial charge on any atom is -0.496 e. The number of hydrogen-bond donors (Lipinski definition) is 1. The van der Waals surface area contributed by atoms with Crippen molar-refractivity contribution >= 4 is 8.32 Å². The minimum atomic E-state index is -4.61. The first-order valence-electron chi connectivity index (χ1n) is 15.9. The van der Waals surface area contributed by atoms with E-state index in [9.17, 15) is 18.3 Å². The molecule has 10 heteroatoms. The van der Waals surface area contributed by atoms with Crippen LogP contribution in [0.5, 0.6) is 5.75 Å². The van der Waals surface area contributed by atoms with Gasteiger partial charge in [0.2, 0.25) is 5.79 Å². The molecule has 2 fully saturated rings. The van der Waals surface area contributed by atoms with E-state index in [1.165, 1.54) is 19.2 Å². The summed E-state index contributed by atoms with van der Waals surface area (Å²) in [4.78, 5) is 5.31. The number of pyridine rings is 1. The summed E-state index contributed by atoms with van der Waals surface area (Å²) in [6.07, 6.45) is 0.219. The minimum absolute atomic E-state index is 0.0137. The predicted molar refractivity (Wildman–Crippen MR) is 163 cm³/mol. The third-order valence-corrected chi connectivity index (χ3v) is 15.4. The summed E-state index contributed by atoms with van der Waals surface area (Å²) < 4.78 is 66.7. The molecule has 2 spiro atoms. The van der Waals surface area contributed by atoms with Gasteiger partial charge in [-0.3, -0.25) is 4.98 Å². The number of rotatable bonds is 5. The Kier molecular flexibility index (Phi) is 7.46. The molecule has 242 valence electrons. The van der Waals surface area contributed by atoms with E-state index >= 15 is 0 Å². The largest absolute Gasteiger partial charge is 0.496 e. The zero-order chi connectivity index (χ0) is 32.1. The predicted octanol–water partition coefficient (Wildman–Crippen LogP) is 8.25. The Bertz CT molecular complexity index is 1460. The van der Waals surface area contributed by atoms with Crippen molar-refractivity contribution in [1.82, 2.24) is 4.98 Å². The molecule has 44 heavy (non-hydrogen) atoms. The zero-order valence-corrected chi connectivity index (χ0v) is 28.2. The molecule has 1 unspecified atom stereocenters. The highest BCUT2D eigenvalue weighted by Gasteiger charge is 2.61. The Morgan fingerprint density at radius 3 is 2.25 bits per heavy atom. The van der Waals surface area contributed by atoms with Gasteiger partial charge in [0.25, 0.3) is 0 Å². The number of aromatic nitrogens is 1. The highest BCUT2D eigenvalue weighted by atomic mass is 28.4. The van der Waals surface area contributed by atoms with Crippen LogP contribution in [0.1, 0.15) is 118 Å². The fraction of sp³-hybridized carbons (Fsp3) is 0.676. The van der Waals surface area contributed by atoms with E-state index in [-0.39, 0.29) is 33.8 Å². The standard InChI is InChI=1S/C34H46F3NO5Si/c1-20(2)29-28-27(26-23(38-29)18-31(11-12-31)19-25(26)42-44(7,8)30(3,4)5)32(13-15-41-16-14-32)43-33(28,39)21-9-10-22(34(35,36)37)24(17-21)40-6/h9-10,17,20,25,39H,11-16,18-19H2,1-8H3/t25-,33?/m0/s1. The van der Waals surface area contributed by atoms with Gasteiger partial charge in [0.15, 0.2) is 8.32 Å². The summed E-state index contributed by atoms with van der Waals surface area (Å²) in [6.45, 7) is 16.2. The lowest BCUT2D eigenvalue weighted by atomic mass is 9.73. The van der Waals surface area contributed by atoms with Crippen LogP contribution in [0.15, 0.2) is 18.2 Å². The second kappa shape index (κ2) is 10.3. The van der Waals surface area contributed by atoms with Crippen LogP contribution in [0.4, 0.5) is 13.2 Å². The summed E-state index contributed by atoms with van der Waals surface area (Å²) in [6, 6.07) is 3.53. The smallest absolute Gasteiger partial charge is 0.419 e. The van der Waals surface area contributed by atoms with E-state index in [4.69, 9.17) is 23.6 Å². The molecule has 2 aliphatic heterocycles. The quantitative estimate of drug-likeness (QED) is 0.335. The van der Waals surface area contributed by atoms with Gasteiger partial charge in [-0.15, -0.1) is 0 Å². The highest BCUT2D eigenvalue weighted by molar-refractivity contribution is 6.74. The van der Waals surface area contributed by atoms with Crippen molar-refractivity contribution in [2.45, 2.75) is 121 Å². The molecular formula is C34H46F3NO5Si. The van der Waals surface area contributed by atoms with Crippen LogP contribution in [-0.4, -0.2) is 38.7 Å². The van der Waals surface area contributed by atoms with Crippen LogP contribution < -0.4 is 4.74 Å². The van der Waals surface area contributed by atoms with Crippen molar-refractivity contribution in [2.75, 3.05) is 20.3 Å². The van der Waals surface area contributed by atoms with E-state index in [0.29, 0.717) is 37.3 Å². The van der Waals surface area contributed by atoms with E-state index in [2.05, 4.69) is 33.9 Å². The van der Waals surface area contributed by atoms with Crippen molar-refractivity contribution in [2.24, 2.45) is 5.41 Å². The zero-order valence-electron chi connectivity index (χ0n) is 27.2. The SMILES string of the molecule is COc1cc(C2(O)OC3(CCOCC3)c3c4c(nc(C(C)C)c32)CC2(CC2)C[C@@H]4O[Si](C)(C)C(C)(C)C)ccc1C(F)(F)F. The molecule has 6 rings (SSSR count). The molecular weight excluding hydrogens is 587 g/mol. The van der Waals surface area contributed by atoms with Crippen molar-refractivity contribution in [3.63, 3.8) is 0 Å². The molecule has 1 aromatic carbocycles. The first-order chi connectivity index (χ1) is 20.4. The lowest BCUT2D eigenvalue weighted by Crippen LogP contribution is -2.44. The normalized spacial score (nSPS) is 25.8. The maximum Gasteiger partial charge on any atom is 0.419 e. The summed E-state index contributed by atoms with van der Waals surface area (Å²) in [7, 11) is -1.04. The number of fused-ring (bicyclic) bond motifs is 4. The Morgan fingerprint density at radius 1 is 1.05 bits per heavy atom. The first-order valence-corrected chi connectivity index (χ1v) is 18.8. The Balaban J connectivity index is 1.63. The third-order valence-electron chi connectivity index (χ3n) is 10.9. The number of hydrogen-bond acceptors (Lipinski definition) is 6. The maximum atomic E-state index is 13.8. The molecule has 2 atom stereocenters. The Labute approximate surface area is 259 Å². The van der Waals surface area contributed by atoms with Crippen molar-refractivity contribution in [1.29, 1.82) is 0 Å². The highest BCUT2D eigenvalue weighted by Crippen LogP contribution is 2.64. The van der Waals surface area contributed by atoms with Gasteiger partial charge in [-0.2, -0.15) is 13.2 Å². The topological polar surface area (TPSA) is 70.0 Å². The molecule has 0 radical (unpaired) electrons. The molecule has 2 aliphatic carbocycles. The lowest BCUT2D eigenvalue weighted by Gasteiger charge is -2.44. The monoisotopic (exact) mass is 633 g/mol. The van der Waals surface area contributed by atoms with E-state index < -0.39 is 31.4 Å². The molecule has 1 aromatic heterocycles. The molecule has 0 amide bonds. The van der Waals surface area contributed by atoms with Crippen LogP contribution in [0.3, 0.4) is 0 Å². The number of nitrogens with zero attached hydrogens (tertiary/aromatic N) is 1. The average molecular weight is 634 g/mol. The van der Waals surface area contributed by atoms with E-state index in [1.54, 1.807) is 0 Å². The number of ether oxygens (including phenoxy) is 3. The summed E-state index contributed by atoms with van der Waals surface area (Å²) in [5.74, 6) is -2.48. The summed E-state index contributed by atoms with van der Waals surface area (Å²) in [5, 5.41) is 12.8. The fourth-order valence-corrected chi connectivity index (χ4v) is 8.54. The Morgan fingerprint density at radius 2 is 1.70 bits per heavy atom. The molecule has 2 aromatic rings. The van der Waals surface area contributed by atoms with E-state index in [0.717, 1.165) is 48.6 Å². The maximum absolute atomic E-state index is 13.8. The molecule has 0 bridgehead atoms. The summed E-state index contributed by atoms with van der Waals surface area (Å²) >= 11 is 0. The van der Waals surface area contributed by atoms with Crippen LogP contribution >= 0.6 is 0 Å². The third kappa shape index (κ3) is 5.03. The molecule has 1 saturated heterocycles. The second-order valence-corrected chi connectivity index (χ2v) is 20.0. The number of aliphatic hydroxyl groups is 1. The van der Waals surface area contributed by atoms with Crippen LogP contribution in [0.25, 0.3) is 0 Å². The molecule has 6 nitrogen and oxygen atoms in total. The van der Waals surface area contributed by atoms with Crippen molar-refractivity contribution in [3.8, 4) is 5.75 Å². The van der Waals surface area contributed by atoms with Gasteiger partial charge < -0.3 is 23.7 Å². The van der Waals surface area contributed by atoms with Gasteiger partial charge >= 0.3 is 6.18 Å². The van der Waals surface area contributed by atoms with Gasteiger partial charge in [-0.1, -0.05) is 40.7 Å². The molecule has 1 saturated carbocycles. The molecule has 4 aliphatic rings. The molecule has 1 N–H and O–H groups in total. The van der Waals surface area contributed by atoms with Gasteiger partial charge in [-0.25, -0.2) is 0 Å². The summed E-state index contributed by atoms with van der Waals surface area (Å²) in [5.41, 5.74) is 2.76. The average Bonchev–Trinajstić information content (AvgIpc) is 3.62. The van der Waals surface area contributed by atoms with E-state index in [1.807, 2.05) is 13.8 Å². The second-order valence-electron chi connectivity index (χ2n) is 15.3. The first kappa shape index (κ1) is 32.0. The van der Waals surface area contributed by atoms with Gasteiger partial charge in [0.05, 0.1) is 24.5 Å². The van der Waals surface area contributed by atoms with Crippen molar-refractivity contribution in [3.05, 3.63) is 57.4 Å².